The minimum Gasteiger partial charge on any atom is -0.343 e. The summed E-state index contributed by atoms with van der Waals surface area (Å²) in [6, 6.07) is 4.04. The molecular weight excluding hydrogens is 395 g/mol. The van der Waals surface area contributed by atoms with Crippen LogP contribution in [-0.4, -0.2) is 51.0 Å². The van der Waals surface area contributed by atoms with Crippen LogP contribution in [0.1, 0.15) is 46.6 Å². The number of amides is 2. The van der Waals surface area contributed by atoms with E-state index in [4.69, 9.17) is 11.6 Å². The van der Waals surface area contributed by atoms with Gasteiger partial charge in [0.15, 0.2) is 0 Å². The number of fused-ring (bicyclic) bond motifs is 1. The molecule has 1 saturated heterocycles. The van der Waals surface area contributed by atoms with E-state index < -0.39 is 5.82 Å². The van der Waals surface area contributed by atoms with Crippen molar-refractivity contribution in [2.45, 2.75) is 38.6 Å². The fraction of sp³-hybridized carbons (Fsp3) is 0.476. The van der Waals surface area contributed by atoms with Gasteiger partial charge in [-0.1, -0.05) is 11.6 Å². The van der Waals surface area contributed by atoms with Crippen LogP contribution in [0.3, 0.4) is 0 Å². The van der Waals surface area contributed by atoms with E-state index in [1.807, 2.05) is 16.6 Å². The third-order valence-electron chi connectivity index (χ3n) is 5.81. The van der Waals surface area contributed by atoms with Crippen LogP contribution in [0.25, 0.3) is 0 Å². The van der Waals surface area contributed by atoms with Crippen molar-refractivity contribution >= 4 is 23.4 Å². The number of aryl methyl sites for hydroxylation is 2. The average Bonchev–Trinajstić information content (AvgIpc) is 3.36. The van der Waals surface area contributed by atoms with Gasteiger partial charge in [-0.25, -0.2) is 4.39 Å². The first-order valence-electron chi connectivity index (χ1n) is 10.00. The lowest BCUT2D eigenvalue weighted by Gasteiger charge is -2.28. The molecule has 0 saturated carbocycles. The largest absolute Gasteiger partial charge is 0.343 e. The van der Waals surface area contributed by atoms with Gasteiger partial charge < -0.3 is 9.80 Å². The van der Waals surface area contributed by atoms with E-state index in [9.17, 15) is 14.0 Å². The summed E-state index contributed by atoms with van der Waals surface area (Å²) in [6.07, 6.45) is 3.86. The van der Waals surface area contributed by atoms with Crippen molar-refractivity contribution in [3.8, 4) is 0 Å². The summed E-state index contributed by atoms with van der Waals surface area (Å²) in [5, 5.41) is 4.56. The number of carbonyl (C=O) groups is 2. The topological polar surface area (TPSA) is 58.4 Å². The highest BCUT2D eigenvalue weighted by Crippen LogP contribution is 2.26. The molecule has 29 heavy (non-hydrogen) atoms. The number of hydrogen-bond acceptors (Lipinski definition) is 3. The number of nitrogens with zero attached hydrogens (tertiary/aromatic N) is 4. The summed E-state index contributed by atoms with van der Waals surface area (Å²) in [7, 11) is 1.90. The van der Waals surface area contributed by atoms with Gasteiger partial charge in [0.25, 0.3) is 5.91 Å². The fourth-order valence-electron chi connectivity index (χ4n) is 4.21. The van der Waals surface area contributed by atoms with E-state index >= 15 is 0 Å². The Hall–Kier alpha value is -2.41. The van der Waals surface area contributed by atoms with Crippen LogP contribution >= 0.6 is 11.6 Å². The highest BCUT2D eigenvalue weighted by atomic mass is 35.5. The molecule has 2 amide bonds. The zero-order chi connectivity index (χ0) is 20.5. The van der Waals surface area contributed by atoms with E-state index in [0.29, 0.717) is 37.9 Å². The molecule has 2 aromatic rings. The Labute approximate surface area is 174 Å². The minimum atomic E-state index is -0.540. The molecule has 6 nitrogen and oxygen atoms in total. The van der Waals surface area contributed by atoms with E-state index in [1.54, 1.807) is 4.90 Å². The molecule has 0 spiro atoms. The molecule has 1 fully saturated rings. The molecule has 0 bridgehead atoms. The number of halogens is 2. The predicted octanol–water partition coefficient (Wildman–Crippen LogP) is 2.97. The van der Waals surface area contributed by atoms with Crippen molar-refractivity contribution in [2.24, 2.45) is 7.05 Å². The van der Waals surface area contributed by atoms with Gasteiger partial charge in [-0.2, -0.15) is 5.10 Å². The number of likely N-dealkylation sites (tertiary alicyclic amines) is 1. The molecule has 2 aliphatic rings. The van der Waals surface area contributed by atoms with E-state index in [-0.39, 0.29) is 16.8 Å². The maximum Gasteiger partial charge on any atom is 0.254 e. The van der Waals surface area contributed by atoms with E-state index in [0.717, 1.165) is 42.9 Å². The molecule has 1 aromatic carbocycles. The molecule has 0 atom stereocenters. The monoisotopic (exact) mass is 418 g/mol. The third-order valence-corrected chi connectivity index (χ3v) is 6.10. The highest BCUT2D eigenvalue weighted by molar-refractivity contribution is 6.31. The number of carbonyl (C=O) groups excluding carboxylic acids is 2. The van der Waals surface area contributed by atoms with Gasteiger partial charge in [-0.3, -0.25) is 14.3 Å². The highest BCUT2D eigenvalue weighted by Gasteiger charge is 2.28. The molecule has 1 aromatic heterocycles. The van der Waals surface area contributed by atoms with Crippen molar-refractivity contribution in [2.75, 3.05) is 19.6 Å². The SMILES string of the molecule is Cn1nc(CCC(=O)N2CCCC2)c2c1CCN(C(=O)c1ccc(F)c(Cl)c1)C2. The van der Waals surface area contributed by atoms with Crippen LogP contribution in [0.2, 0.25) is 5.02 Å². The molecule has 2 aliphatic heterocycles. The summed E-state index contributed by atoms with van der Waals surface area (Å²) >= 11 is 5.84. The molecule has 0 aliphatic carbocycles. The number of aromatic nitrogens is 2. The molecular formula is C21H24ClFN4O2. The van der Waals surface area contributed by atoms with Crippen molar-refractivity contribution in [3.05, 3.63) is 51.6 Å². The first-order chi connectivity index (χ1) is 13.9. The van der Waals surface area contributed by atoms with Gasteiger partial charge in [0.1, 0.15) is 5.82 Å². The average molecular weight is 419 g/mol. The quantitative estimate of drug-likeness (QED) is 0.767. The molecule has 0 unspecified atom stereocenters. The number of rotatable bonds is 4. The maximum absolute atomic E-state index is 13.4. The number of hydrogen-bond donors (Lipinski definition) is 0. The lowest BCUT2D eigenvalue weighted by Crippen LogP contribution is -2.36. The van der Waals surface area contributed by atoms with Crippen molar-refractivity contribution < 1.29 is 14.0 Å². The summed E-state index contributed by atoms with van der Waals surface area (Å²) in [4.78, 5) is 28.9. The van der Waals surface area contributed by atoms with E-state index in [1.165, 1.54) is 18.2 Å². The summed E-state index contributed by atoms with van der Waals surface area (Å²) in [5.41, 5.74) is 3.38. The van der Waals surface area contributed by atoms with Crippen LogP contribution in [-0.2, 0) is 31.2 Å². The maximum atomic E-state index is 13.4. The van der Waals surface area contributed by atoms with Crippen LogP contribution < -0.4 is 0 Å². The van der Waals surface area contributed by atoms with Crippen LogP contribution in [0.4, 0.5) is 4.39 Å². The molecule has 4 rings (SSSR count). The smallest absolute Gasteiger partial charge is 0.254 e. The lowest BCUT2D eigenvalue weighted by atomic mass is 10.0. The molecule has 0 radical (unpaired) electrons. The summed E-state index contributed by atoms with van der Waals surface area (Å²) in [5.74, 6) is -0.548. The second kappa shape index (κ2) is 8.14. The Morgan fingerprint density at radius 1 is 1.17 bits per heavy atom. The Balaban J connectivity index is 1.48. The van der Waals surface area contributed by atoms with Crippen LogP contribution in [0, 0.1) is 5.82 Å². The van der Waals surface area contributed by atoms with Gasteiger partial charge in [0.2, 0.25) is 5.91 Å². The zero-order valence-corrected chi connectivity index (χ0v) is 17.2. The minimum absolute atomic E-state index is 0.0592. The molecule has 8 heteroatoms. The zero-order valence-electron chi connectivity index (χ0n) is 16.5. The van der Waals surface area contributed by atoms with Crippen LogP contribution in [0.15, 0.2) is 18.2 Å². The van der Waals surface area contributed by atoms with Gasteiger partial charge in [-0.15, -0.1) is 0 Å². The third kappa shape index (κ3) is 4.01. The predicted molar refractivity (Wildman–Crippen MR) is 107 cm³/mol. The first-order valence-corrected chi connectivity index (χ1v) is 10.4. The second-order valence-corrected chi connectivity index (χ2v) is 8.10. The Kier molecular flexibility index (Phi) is 5.58. The van der Waals surface area contributed by atoms with Gasteiger partial charge in [0, 0.05) is 69.3 Å². The van der Waals surface area contributed by atoms with Crippen LogP contribution in [0.5, 0.6) is 0 Å². The van der Waals surface area contributed by atoms with Crippen molar-refractivity contribution in [1.82, 2.24) is 19.6 Å². The standard InChI is InChI=1S/C21H24ClFN4O2/c1-25-19-8-11-27(21(29)14-4-5-17(23)16(22)12-14)13-15(19)18(24-25)6-7-20(28)26-9-2-3-10-26/h4-5,12H,2-3,6-11,13H2,1H3. The van der Waals surface area contributed by atoms with Crippen molar-refractivity contribution in [1.29, 1.82) is 0 Å². The Morgan fingerprint density at radius 3 is 2.66 bits per heavy atom. The summed E-state index contributed by atoms with van der Waals surface area (Å²) < 4.78 is 15.3. The molecule has 3 heterocycles. The van der Waals surface area contributed by atoms with Gasteiger partial charge in [-0.05, 0) is 31.0 Å². The first kappa shape index (κ1) is 19.9. The van der Waals surface area contributed by atoms with Gasteiger partial charge in [0.05, 0.1) is 10.7 Å². The summed E-state index contributed by atoms with van der Waals surface area (Å²) in [6.45, 7) is 2.69. The number of benzene rings is 1. The normalized spacial score (nSPS) is 16.2. The molecule has 154 valence electrons. The molecule has 0 N–H and O–H groups in total. The van der Waals surface area contributed by atoms with Gasteiger partial charge >= 0.3 is 0 Å². The lowest BCUT2D eigenvalue weighted by molar-refractivity contribution is -0.130. The van der Waals surface area contributed by atoms with E-state index in [2.05, 4.69) is 5.10 Å². The Bertz CT molecular complexity index is 952. The van der Waals surface area contributed by atoms with Crippen molar-refractivity contribution in [3.63, 3.8) is 0 Å². The fourth-order valence-corrected chi connectivity index (χ4v) is 4.39. The second-order valence-electron chi connectivity index (χ2n) is 7.69. The Morgan fingerprint density at radius 2 is 1.93 bits per heavy atom.